The molecule has 3 saturated heterocycles. The van der Waals surface area contributed by atoms with Gasteiger partial charge in [-0.3, -0.25) is 0 Å². The van der Waals surface area contributed by atoms with E-state index in [2.05, 4.69) is 0 Å². The fourth-order valence-electron chi connectivity index (χ4n) is 5.74. The van der Waals surface area contributed by atoms with E-state index in [0.29, 0.717) is 0 Å². The Morgan fingerprint density at radius 3 is 1.32 bits per heavy atom. The molecule has 3 rings (SSSR count). The van der Waals surface area contributed by atoms with Gasteiger partial charge in [-0.2, -0.15) is 0 Å². The van der Waals surface area contributed by atoms with E-state index < -0.39 is 123 Å². The lowest BCUT2D eigenvalue weighted by molar-refractivity contribution is -0.331. The maximum atomic E-state index is 11.1. The first-order valence-electron chi connectivity index (χ1n) is 13.4. The van der Waals surface area contributed by atoms with Gasteiger partial charge in [0.2, 0.25) is 0 Å². The lowest BCUT2D eigenvalue weighted by Crippen LogP contribution is -2.69. The maximum absolute atomic E-state index is 11.1. The molecule has 0 aromatic heterocycles. The lowest BCUT2D eigenvalue weighted by atomic mass is 9.84. The molecule has 15 unspecified atom stereocenters. The predicted octanol–water partition coefficient (Wildman–Crippen LogP) is -4.86. The second-order valence-corrected chi connectivity index (χ2v) is 11.9. The van der Waals surface area contributed by atoms with E-state index in [1.54, 1.807) is 0 Å². The van der Waals surface area contributed by atoms with Gasteiger partial charge in [0, 0.05) is 0 Å². The number of ether oxygens (including phenoxy) is 5. The van der Waals surface area contributed by atoms with Crippen LogP contribution in [0, 0.1) is 0 Å². The fourth-order valence-corrected chi connectivity index (χ4v) is 5.74. The highest BCUT2D eigenvalue weighted by Crippen LogP contribution is 2.38. The monoisotopic (exact) mass is 586 g/mol. The molecule has 15 nitrogen and oxygen atoms in total. The summed E-state index contributed by atoms with van der Waals surface area (Å²) in [4.78, 5) is 0. The van der Waals surface area contributed by atoms with E-state index in [1.165, 1.54) is 34.6 Å². The van der Waals surface area contributed by atoms with Gasteiger partial charge in [0.05, 0.1) is 37.1 Å². The number of hydrogen-bond acceptors (Lipinski definition) is 15. The van der Waals surface area contributed by atoms with Crippen molar-refractivity contribution in [3.63, 3.8) is 0 Å². The molecular weight excluding hydrogens is 540 g/mol. The standard InChI is InChI=1S/C25H46O15/c1-9-13(29)16(32)20(11(7-27)36-9)39-25(4,5)23-19(35)17(33)21(12(8-28)38-23)40-24(2,3)22-18(34)15(31)14(30)10(6-26)37-22/h9-23,26-35H,6-8H2,1-5H3. The second kappa shape index (κ2) is 13.0. The van der Waals surface area contributed by atoms with Crippen molar-refractivity contribution < 1.29 is 74.7 Å². The molecule has 3 aliphatic rings. The third kappa shape index (κ3) is 6.49. The number of rotatable bonds is 9. The maximum Gasteiger partial charge on any atom is 0.115 e. The molecule has 40 heavy (non-hydrogen) atoms. The van der Waals surface area contributed by atoms with Crippen molar-refractivity contribution >= 4 is 0 Å². The molecule has 10 N–H and O–H groups in total. The van der Waals surface area contributed by atoms with Crippen molar-refractivity contribution in [3.05, 3.63) is 0 Å². The van der Waals surface area contributed by atoms with Gasteiger partial charge in [-0.25, -0.2) is 0 Å². The molecule has 0 spiro atoms. The van der Waals surface area contributed by atoms with Gasteiger partial charge in [-0.1, -0.05) is 0 Å². The molecule has 0 bridgehead atoms. The van der Waals surface area contributed by atoms with Gasteiger partial charge in [0.15, 0.2) is 0 Å². The summed E-state index contributed by atoms with van der Waals surface area (Å²) < 4.78 is 29.1. The van der Waals surface area contributed by atoms with Crippen LogP contribution in [0.2, 0.25) is 0 Å². The zero-order valence-corrected chi connectivity index (χ0v) is 23.3. The molecule has 3 heterocycles. The summed E-state index contributed by atoms with van der Waals surface area (Å²) in [7, 11) is 0. The lowest BCUT2D eigenvalue weighted by Gasteiger charge is -2.52. The fraction of sp³-hybridized carbons (Fsp3) is 1.00. The van der Waals surface area contributed by atoms with Crippen molar-refractivity contribution in [1.29, 1.82) is 0 Å². The summed E-state index contributed by atoms with van der Waals surface area (Å²) in [5.41, 5.74) is -2.99. The largest absolute Gasteiger partial charge is 0.394 e. The molecule has 15 heteroatoms. The Labute approximate surface area is 232 Å². The van der Waals surface area contributed by atoms with Crippen molar-refractivity contribution in [1.82, 2.24) is 0 Å². The zero-order valence-electron chi connectivity index (χ0n) is 23.3. The topological polar surface area (TPSA) is 248 Å². The van der Waals surface area contributed by atoms with Crippen LogP contribution in [0.4, 0.5) is 0 Å². The van der Waals surface area contributed by atoms with Gasteiger partial charge < -0.3 is 74.7 Å². The number of aliphatic hydroxyl groups excluding tert-OH is 10. The van der Waals surface area contributed by atoms with Crippen LogP contribution in [0.25, 0.3) is 0 Å². The number of hydrogen-bond donors (Lipinski definition) is 10. The van der Waals surface area contributed by atoms with Crippen molar-refractivity contribution in [2.24, 2.45) is 0 Å². The minimum atomic E-state index is -1.69. The van der Waals surface area contributed by atoms with E-state index in [-0.39, 0.29) is 0 Å². The molecule has 236 valence electrons. The Morgan fingerprint density at radius 2 is 0.875 bits per heavy atom. The van der Waals surface area contributed by atoms with Gasteiger partial charge in [0.25, 0.3) is 0 Å². The van der Waals surface area contributed by atoms with Crippen LogP contribution in [0.3, 0.4) is 0 Å². The van der Waals surface area contributed by atoms with Crippen LogP contribution >= 0.6 is 0 Å². The van der Waals surface area contributed by atoms with Gasteiger partial charge in [-0.15, -0.1) is 0 Å². The summed E-state index contributed by atoms with van der Waals surface area (Å²) >= 11 is 0. The first kappa shape index (κ1) is 33.9. The average molecular weight is 587 g/mol. The molecule has 0 radical (unpaired) electrons. The highest BCUT2D eigenvalue weighted by Gasteiger charge is 2.56. The van der Waals surface area contributed by atoms with Gasteiger partial charge >= 0.3 is 0 Å². The Balaban J connectivity index is 1.79. The number of aliphatic hydroxyl groups is 10. The molecule has 0 aromatic carbocycles. The summed E-state index contributed by atoms with van der Waals surface area (Å²) in [5, 5.41) is 103. The quantitative estimate of drug-likeness (QED) is 0.122. The van der Waals surface area contributed by atoms with Crippen LogP contribution in [0.15, 0.2) is 0 Å². The third-order valence-corrected chi connectivity index (χ3v) is 8.11. The van der Waals surface area contributed by atoms with Crippen LogP contribution in [0.5, 0.6) is 0 Å². The van der Waals surface area contributed by atoms with Crippen molar-refractivity contribution in [2.45, 2.75) is 137 Å². The summed E-state index contributed by atoms with van der Waals surface area (Å²) in [5.74, 6) is 0. The first-order valence-corrected chi connectivity index (χ1v) is 13.4. The molecule has 0 saturated carbocycles. The minimum absolute atomic E-state index is 0.534. The molecular formula is C25H46O15. The normalized spacial score (nSPS) is 47.3. The summed E-state index contributed by atoms with van der Waals surface area (Å²) in [6.45, 7) is 5.55. The van der Waals surface area contributed by atoms with Gasteiger partial charge in [-0.05, 0) is 34.6 Å². The Kier molecular flexibility index (Phi) is 11.0. The van der Waals surface area contributed by atoms with E-state index in [4.69, 9.17) is 23.7 Å². The highest BCUT2D eigenvalue weighted by atomic mass is 16.6. The first-order chi connectivity index (χ1) is 18.5. The molecule has 0 aliphatic carbocycles. The van der Waals surface area contributed by atoms with Crippen LogP contribution in [-0.2, 0) is 23.7 Å². The third-order valence-electron chi connectivity index (χ3n) is 8.11. The van der Waals surface area contributed by atoms with Crippen molar-refractivity contribution in [2.75, 3.05) is 19.8 Å². The average Bonchev–Trinajstić information content (AvgIpc) is 2.90. The van der Waals surface area contributed by atoms with Crippen molar-refractivity contribution in [3.8, 4) is 0 Å². The second-order valence-electron chi connectivity index (χ2n) is 11.9. The van der Waals surface area contributed by atoms with E-state index in [1.807, 2.05) is 0 Å². The molecule has 0 amide bonds. The van der Waals surface area contributed by atoms with E-state index in [9.17, 15) is 51.1 Å². The summed E-state index contributed by atoms with van der Waals surface area (Å²) in [6.07, 6.45) is -20.5. The highest BCUT2D eigenvalue weighted by molar-refractivity contribution is 5.04. The van der Waals surface area contributed by atoms with Crippen LogP contribution in [-0.4, -0.2) is 174 Å². The summed E-state index contributed by atoms with van der Waals surface area (Å²) in [6, 6.07) is 0. The predicted molar refractivity (Wildman–Crippen MR) is 133 cm³/mol. The Hall–Kier alpha value is -0.600. The molecule has 0 aromatic rings. The van der Waals surface area contributed by atoms with E-state index >= 15 is 0 Å². The Morgan fingerprint density at radius 1 is 0.500 bits per heavy atom. The SMILES string of the molecule is CC1OC(CO)C(OC(C)(C)C2OC(CO)C(OC(C)(C)C3OC(CO)C(O)C(O)C3O)C(O)C2O)C(O)C1O. The van der Waals surface area contributed by atoms with Crippen LogP contribution < -0.4 is 0 Å². The molecule has 15 atom stereocenters. The van der Waals surface area contributed by atoms with Gasteiger partial charge in [0.1, 0.15) is 85.5 Å². The van der Waals surface area contributed by atoms with Crippen LogP contribution in [0.1, 0.15) is 34.6 Å². The van der Waals surface area contributed by atoms with E-state index in [0.717, 1.165) is 0 Å². The smallest absolute Gasteiger partial charge is 0.115 e. The zero-order chi connectivity index (χ0) is 30.3. The minimum Gasteiger partial charge on any atom is -0.394 e. The molecule has 3 fully saturated rings. The Bertz CT molecular complexity index is 807. The molecule has 3 aliphatic heterocycles.